The number of aromatic nitrogens is 3. The number of nitrogens with two attached hydrogens (primary N) is 1. The van der Waals surface area contributed by atoms with Crippen molar-refractivity contribution >= 4 is 11.9 Å². The second-order valence-corrected chi connectivity index (χ2v) is 4.59. The fourth-order valence-electron chi connectivity index (χ4n) is 1.48. The first-order chi connectivity index (χ1) is 9.28. The largest absolute Gasteiger partial charge is 0.463 e. The monoisotopic (exact) mass is 267 g/mol. The third-order valence-electron chi connectivity index (χ3n) is 2.65. The number of ether oxygens (including phenoxy) is 2. The van der Waals surface area contributed by atoms with Crippen molar-refractivity contribution in [2.45, 2.75) is 26.2 Å². The lowest BCUT2D eigenvalue weighted by molar-refractivity contribution is 0.133. The van der Waals surface area contributed by atoms with E-state index in [2.05, 4.69) is 20.3 Å². The van der Waals surface area contributed by atoms with E-state index in [4.69, 9.17) is 15.2 Å². The van der Waals surface area contributed by atoms with Gasteiger partial charge in [-0.05, 0) is 25.2 Å². The van der Waals surface area contributed by atoms with Crippen LogP contribution >= 0.6 is 0 Å². The van der Waals surface area contributed by atoms with E-state index >= 15 is 0 Å². The van der Waals surface area contributed by atoms with Crippen LogP contribution in [-0.2, 0) is 4.74 Å². The summed E-state index contributed by atoms with van der Waals surface area (Å²) in [5.41, 5.74) is 5.60. The predicted molar refractivity (Wildman–Crippen MR) is 72.1 cm³/mol. The molecule has 3 N–H and O–H groups in total. The number of nitrogen functional groups attached to an aromatic ring is 1. The van der Waals surface area contributed by atoms with Gasteiger partial charge in [-0.1, -0.05) is 6.92 Å². The molecule has 1 aliphatic carbocycles. The van der Waals surface area contributed by atoms with Gasteiger partial charge >= 0.3 is 6.01 Å². The van der Waals surface area contributed by atoms with Gasteiger partial charge < -0.3 is 20.5 Å². The molecule has 0 atom stereocenters. The summed E-state index contributed by atoms with van der Waals surface area (Å²) in [5.74, 6) is 1.36. The van der Waals surface area contributed by atoms with Gasteiger partial charge in [-0.3, -0.25) is 0 Å². The molecule has 0 unspecified atom stereocenters. The predicted octanol–water partition coefficient (Wildman–Crippen LogP) is 1.08. The lowest BCUT2D eigenvalue weighted by Crippen LogP contribution is -2.14. The van der Waals surface area contributed by atoms with Gasteiger partial charge in [-0.15, -0.1) is 0 Å². The molecule has 1 fully saturated rings. The third kappa shape index (κ3) is 5.25. The maximum absolute atomic E-state index is 5.60. The van der Waals surface area contributed by atoms with Gasteiger partial charge in [-0.25, -0.2) is 0 Å². The summed E-state index contributed by atoms with van der Waals surface area (Å²) in [6, 6.07) is 0.260. The molecule has 0 spiro atoms. The van der Waals surface area contributed by atoms with Crippen LogP contribution in [0.4, 0.5) is 11.9 Å². The van der Waals surface area contributed by atoms with Crippen LogP contribution in [0.25, 0.3) is 0 Å². The summed E-state index contributed by atoms with van der Waals surface area (Å²) in [4.78, 5) is 12.0. The summed E-state index contributed by atoms with van der Waals surface area (Å²) in [6.07, 6.45) is 3.49. The van der Waals surface area contributed by atoms with Crippen LogP contribution < -0.4 is 15.8 Å². The highest BCUT2D eigenvalue weighted by Gasteiger charge is 2.20. The highest BCUT2D eigenvalue weighted by Crippen LogP contribution is 2.28. The summed E-state index contributed by atoms with van der Waals surface area (Å²) >= 11 is 0. The van der Waals surface area contributed by atoms with Crippen molar-refractivity contribution in [3.63, 3.8) is 0 Å². The molecule has 1 aromatic heterocycles. The minimum absolute atomic E-state index is 0.155. The van der Waals surface area contributed by atoms with Gasteiger partial charge in [0.1, 0.15) is 0 Å². The topological polar surface area (TPSA) is 95.2 Å². The highest BCUT2D eigenvalue weighted by molar-refractivity contribution is 5.32. The molecule has 0 saturated heterocycles. The van der Waals surface area contributed by atoms with E-state index in [0.717, 1.165) is 18.9 Å². The van der Waals surface area contributed by atoms with E-state index in [-0.39, 0.29) is 12.0 Å². The van der Waals surface area contributed by atoms with Crippen molar-refractivity contribution in [1.29, 1.82) is 0 Å². The molecular formula is C12H21N5O2. The van der Waals surface area contributed by atoms with Crippen LogP contribution in [0.2, 0.25) is 0 Å². The van der Waals surface area contributed by atoms with Crippen molar-refractivity contribution < 1.29 is 9.47 Å². The Morgan fingerprint density at radius 3 is 2.84 bits per heavy atom. The Kier molecular flexibility index (Phi) is 5.14. The van der Waals surface area contributed by atoms with Gasteiger partial charge in [0.15, 0.2) is 0 Å². The van der Waals surface area contributed by atoms with Crippen LogP contribution in [0.3, 0.4) is 0 Å². The average Bonchev–Trinajstić information content (AvgIpc) is 3.19. The summed E-state index contributed by atoms with van der Waals surface area (Å²) < 4.78 is 10.8. The minimum Gasteiger partial charge on any atom is -0.463 e. The van der Waals surface area contributed by atoms with Gasteiger partial charge in [0, 0.05) is 13.2 Å². The minimum atomic E-state index is 0.155. The average molecular weight is 267 g/mol. The van der Waals surface area contributed by atoms with Gasteiger partial charge in [0.2, 0.25) is 11.9 Å². The second kappa shape index (κ2) is 7.08. The zero-order valence-corrected chi connectivity index (χ0v) is 11.3. The van der Waals surface area contributed by atoms with Gasteiger partial charge in [0.05, 0.1) is 13.2 Å². The molecule has 7 nitrogen and oxygen atoms in total. The van der Waals surface area contributed by atoms with Crippen LogP contribution in [0.5, 0.6) is 6.01 Å². The molecule has 0 bridgehead atoms. The number of rotatable bonds is 9. The Bertz CT molecular complexity index is 398. The van der Waals surface area contributed by atoms with Crippen molar-refractivity contribution in [3.8, 4) is 6.01 Å². The third-order valence-corrected chi connectivity index (χ3v) is 2.65. The number of hydrogen-bond acceptors (Lipinski definition) is 7. The van der Waals surface area contributed by atoms with Gasteiger partial charge in [0.25, 0.3) is 0 Å². The lowest BCUT2D eigenvalue weighted by atomic mass is 10.5. The Labute approximate surface area is 112 Å². The molecule has 19 heavy (non-hydrogen) atoms. The van der Waals surface area contributed by atoms with Crippen LogP contribution in [0.15, 0.2) is 0 Å². The molecule has 0 amide bonds. The molecule has 7 heteroatoms. The van der Waals surface area contributed by atoms with Crippen LogP contribution in [0.1, 0.15) is 26.2 Å². The highest BCUT2D eigenvalue weighted by atomic mass is 16.5. The summed E-state index contributed by atoms with van der Waals surface area (Å²) in [7, 11) is 0. The van der Waals surface area contributed by atoms with Crippen molar-refractivity contribution in [2.24, 2.45) is 5.92 Å². The molecule has 0 aromatic carbocycles. The Hall–Kier alpha value is -1.63. The van der Waals surface area contributed by atoms with Crippen molar-refractivity contribution in [2.75, 3.05) is 37.4 Å². The Morgan fingerprint density at radius 1 is 1.26 bits per heavy atom. The number of anilines is 2. The normalized spacial score (nSPS) is 14.4. The molecule has 2 rings (SSSR count). The van der Waals surface area contributed by atoms with Gasteiger partial charge in [-0.2, -0.15) is 15.0 Å². The van der Waals surface area contributed by atoms with Crippen LogP contribution in [-0.4, -0.2) is 41.3 Å². The van der Waals surface area contributed by atoms with Crippen LogP contribution in [0, 0.1) is 5.92 Å². The Morgan fingerprint density at radius 2 is 2.11 bits per heavy atom. The van der Waals surface area contributed by atoms with Crippen molar-refractivity contribution in [1.82, 2.24) is 15.0 Å². The van der Waals surface area contributed by atoms with E-state index in [1.165, 1.54) is 12.8 Å². The number of nitrogens with one attached hydrogen (secondary N) is 1. The zero-order chi connectivity index (χ0) is 13.5. The summed E-state index contributed by atoms with van der Waals surface area (Å²) in [5, 5.41) is 3.05. The Balaban J connectivity index is 1.72. The molecule has 1 heterocycles. The molecule has 1 saturated carbocycles. The molecule has 1 aliphatic rings. The fraction of sp³-hybridized carbons (Fsp3) is 0.750. The fourth-order valence-corrected chi connectivity index (χ4v) is 1.48. The van der Waals surface area contributed by atoms with E-state index in [1.807, 2.05) is 6.92 Å². The number of hydrogen-bond donors (Lipinski definition) is 2. The quantitative estimate of drug-likeness (QED) is 0.646. The molecule has 0 aliphatic heterocycles. The van der Waals surface area contributed by atoms with E-state index in [1.54, 1.807) is 0 Å². The van der Waals surface area contributed by atoms with E-state index in [9.17, 15) is 0 Å². The first-order valence-corrected chi connectivity index (χ1v) is 6.74. The molecular weight excluding hydrogens is 246 g/mol. The smallest absolute Gasteiger partial charge is 0.323 e. The van der Waals surface area contributed by atoms with E-state index in [0.29, 0.717) is 25.7 Å². The lowest BCUT2D eigenvalue weighted by Gasteiger charge is -2.08. The standard InChI is InChI=1S/C12H21N5O2/c1-2-6-19-12-16-10(13)15-11(17-12)14-5-7-18-8-9-3-4-9/h9H,2-8H2,1H3,(H3,13,14,15,16,17). The van der Waals surface area contributed by atoms with Crippen molar-refractivity contribution in [3.05, 3.63) is 0 Å². The molecule has 0 radical (unpaired) electrons. The second-order valence-electron chi connectivity index (χ2n) is 4.59. The number of nitrogens with zero attached hydrogens (tertiary/aromatic N) is 3. The maximum Gasteiger partial charge on any atom is 0.323 e. The maximum atomic E-state index is 5.60. The molecule has 1 aromatic rings. The zero-order valence-electron chi connectivity index (χ0n) is 11.3. The first kappa shape index (κ1) is 13.8. The SMILES string of the molecule is CCCOc1nc(N)nc(NCCOCC2CC2)n1. The molecule has 106 valence electrons. The van der Waals surface area contributed by atoms with E-state index < -0.39 is 0 Å². The first-order valence-electron chi connectivity index (χ1n) is 6.74. The summed E-state index contributed by atoms with van der Waals surface area (Å²) in [6.45, 7) is 4.71.